The molecule has 0 saturated carbocycles. The summed E-state index contributed by atoms with van der Waals surface area (Å²) in [5.41, 5.74) is 0. The molecule has 0 aromatic rings. The fourth-order valence-electron chi connectivity index (χ4n) is 7.30. The first-order valence-electron chi connectivity index (χ1n) is 23.2. The van der Waals surface area contributed by atoms with E-state index in [0.29, 0.717) is 19.3 Å². The molecule has 0 aromatic carbocycles. The summed E-state index contributed by atoms with van der Waals surface area (Å²) in [6.45, 7) is 3.39. The average molecular weight is 814 g/mol. The zero-order valence-corrected chi connectivity index (χ0v) is 36.1. The first-order chi connectivity index (χ1) is 27.7. The molecule has 11 nitrogen and oxygen atoms in total. The van der Waals surface area contributed by atoms with Crippen LogP contribution in [0.1, 0.15) is 194 Å². The van der Waals surface area contributed by atoms with Gasteiger partial charge in [0.2, 0.25) is 5.91 Å². The van der Waals surface area contributed by atoms with Crippen LogP contribution in [0.2, 0.25) is 0 Å². The highest BCUT2D eigenvalue weighted by Crippen LogP contribution is 2.23. The largest absolute Gasteiger partial charge is 0.394 e. The van der Waals surface area contributed by atoms with E-state index < -0.39 is 74.2 Å². The Hall–Kier alpha value is -1.41. The van der Waals surface area contributed by atoms with Crippen molar-refractivity contribution in [1.82, 2.24) is 5.32 Å². The number of unbranched alkanes of at least 4 members (excludes halogenated alkanes) is 22. The van der Waals surface area contributed by atoms with E-state index in [9.17, 15) is 40.5 Å². The molecule has 1 saturated heterocycles. The van der Waals surface area contributed by atoms with E-state index in [-0.39, 0.29) is 6.42 Å². The molecule has 11 heteroatoms. The summed E-state index contributed by atoms with van der Waals surface area (Å²) in [6.07, 6.45) is 27.9. The van der Waals surface area contributed by atoms with Gasteiger partial charge in [-0.15, -0.1) is 0 Å². The number of allylic oxidation sites excluding steroid dienone is 4. The molecule has 0 aromatic heterocycles. The van der Waals surface area contributed by atoms with Crippen molar-refractivity contribution in [1.29, 1.82) is 0 Å². The smallest absolute Gasteiger partial charge is 0.249 e. The van der Waals surface area contributed by atoms with Gasteiger partial charge in [0.1, 0.15) is 36.6 Å². The van der Waals surface area contributed by atoms with Crippen LogP contribution in [0, 0.1) is 0 Å². The van der Waals surface area contributed by atoms with Crippen LogP contribution in [0.4, 0.5) is 0 Å². The number of rotatable bonds is 38. The number of amides is 1. The molecular weight excluding hydrogens is 727 g/mol. The van der Waals surface area contributed by atoms with Crippen molar-refractivity contribution in [2.24, 2.45) is 0 Å². The summed E-state index contributed by atoms with van der Waals surface area (Å²) in [4.78, 5) is 13.1. The van der Waals surface area contributed by atoms with E-state index in [4.69, 9.17) is 9.47 Å². The predicted molar refractivity (Wildman–Crippen MR) is 229 cm³/mol. The van der Waals surface area contributed by atoms with Crippen LogP contribution in [0.25, 0.3) is 0 Å². The molecular formula is C46H87NO10. The van der Waals surface area contributed by atoms with Gasteiger partial charge in [0.15, 0.2) is 6.29 Å². The maximum Gasteiger partial charge on any atom is 0.249 e. The minimum Gasteiger partial charge on any atom is -0.394 e. The number of hydrogen-bond acceptors (Lipinski definition) is 10. The topological polar surface area (TPSA) is 189 Å². The van der Waals surface area contributed by atoms with Crippen molar-refractivity contribution in [2.75, 3.05) is 13.2 Å². The molecule has 0 spiro atoms. The molecule has 1 aliphatic rings. The van der Waals surface area contributed by atoms with Crippen molar-refractivity contribution < 1.29 is 50.0 Å². The molecule has 9 atom stereocenters. The Labute approximate surface area is 346 Å². The molecule has 57 heavy (non-hydrogen) atoms. The number of aliphatic hydroxyl groups excluding tert-OH is 7. The van der Waals surface area contributed by atoms with E-state index in [2.05, 4.69) is 43.5 Å². The second kappa shape index (κ2) is 36.4. The molecule has 0 aliphatic carbocycles. The Morgan fingerprint density at radius 3 is 1.53 bits per heavy atom. The fourth-order valence-corrected chi connectivity index (χ4v) is 7.30. The normalized spacial score (nSPS) is 22.3. The summed E-state index contributed by atoms with van der Waals surface area (Å²) in [5, 5.41) is 75.6. The zero-order valence-electron chi connectivity index (χ0n) is 36.1. The first-order valence-corrected chi connectivity index (χ1v) is 23.2. The van der Waals surface area contributed by atoms with E-state index in [1.54, 1.807) is 0 Å². The second-order valence-electron chi connectivity index (χ2n) is 16.5. The average Bonchev–Trinajstić information content (AvgIpc) is 3.21. The number of hydrogen-bond donors (Lipinski definition) is 8. The van der Waals surface area contributed by atoms with Crippen molar-refractivity contribution in [3.8, 4) is 0 Å². The summed E-state index contributed by atoms with van der Waals surface area (Å²) in [7, 11) is 0. The maximum absolute atomic E-state index is 13.1. The van der Waals surface area contributed by atoms with Crippen molar-refractivity contribution in [3.05, 3.63) is 24.3 Å². The van der Waals surface area contributed by atoms with Gasteiger partial charge < -0.3 is 50.5 Å². The van der Waals surface area contributed by atoms with Gasteiger partial charge in [-0.05, 0) is 57.8 Å². The van der Waals surface area contributed by atoms with Crippen LogP contribution in [0.5, 0.6) is 0 Å². The number of aliphatic hydroxyl groups is 7. The molecule has 1 amide bonds. The highest BCUT2D eigenvalue weighted by Gasteiger charge is 2.44. The molecule has 1 rings (SSSR count). The van der Waals surface area contributed by atoms with E-state index in [1.807, 2.05) is 0 Å². The fraction of sp³-hybridized carbons (Fsp3) is 0.891. The molecule has 1 heterocycles. The van der Waals surface area contributed by atoms with Crippen LogP contribution >= 0.6 is 0 Å². The zero-order chi connectivity index (χ0) is 41.9. The highest BCUT2D eigenvalue weighted by molar-refractivity contribution is 5.80. The standard InChI is InChI=1S/C46H87NO10/c1-3-5-7-9-11-13-15-17-19-20-22-24-26-28-30-32-34-39(50)45(55)47-37(36-56-46-44(54)43(53)42(52)40(35-48)57-46)41(51)38(49)33-31-29-27-25-23-21-18-16-14-12-10-8-6-4-2/h9,11,18,21,37-44,46,48-54H,3-8,10,12-17,19-20,22-36H2,1-2H3,(H,47,55)/b11-9+,21-18-/t37-,38+,39+,40+,41-,42+,43-,44+,46+/m0/s1. The minimum atomic E-state index is -1.66. The van der Waals surface area contributed by atoms with Crippen molar-refractivity contribution in [3.63, 3.8) is 0 Å². The van der Waals surface area contributed by atoms with Crippen LogP contribution in [0.3, 0.4) is 0 Å². The SMILES string of the molecule is CCCC/C=C/CCCCCCCCCCCC[C@@H](O)C(=O)N[C@@H](CO[C@@H]1O[C@H](CO)[C@@H](O)[C@H](O)[C@H]1O)[C@H](O)[C@H](O)CCCCCC/C=C\CCCCCCCC. The molecule has 1 fully saturated rings. The van der Waals surface area contributed by atoms with Gasteiger partial charge >= 0.3 is 0 Å². The molecule has 8 N–H and O–H groups in total. The number of nitrogens with one attached hydrogen (secondary N) is 1. The maximum atomic E-state index is 13.1. The Morgan fingerprint density at radius 1 is 0.596 bits per heavy atom. The van der Waals surface area contributed by atoms with Crippen LogP contribution in [-0.2, 0) is 14.3 Å². The van der Waals surface area contributed by atoms with E-state index in [0.717, 1.165) is 51.4 Å². The van der Waals surface area contributed by atoms with Gasteiger partial charge in [-0.3, -0.25) is 4.79 Å². The highest BCUT2D eigenvalue weighted by atomic mass is 16.7. The quantitative estimate of drug-likeness (QED) is 0.0230. The molecule has 1 aliphatic heterocycles. The van der Waals surface area contributed by atoms with E-state index in [1.165, 1.54) is 103 Å². The predicted octanol–water partition coefficient (Wildman–Crippen LogP) is 7.45. The Morgan fingerprint density at radius 2 is 1.04 bits per heavy atom. The van der Waals surface area contributed by atoms with Crippen molar-refractivity contribution in [2.45, 2.75) is 249 Å². The third-order valence-corrected chi connectivity index (χ3v) is 11.2. The second-order valence-corrected chi connectivity index (χ2v) is 16.5. The van der Waals surface area contributed by atoms with Gasteiger partial charge in [-0.2, -0.15) is 0 Å². The van der Waals surface area contributed by atoms with E-state index >= 15 is 0 Å². The third kappa shape index (κ3) is 26.4. The van der Waals surface area contributed by atoms with Crippen molar-refractivity contribution >= 4 is 5.91 Å². The summed E-state index contributed by atoms with van der Waals surface area (Å²) in [6, 6.07) is -1.17. The molecule has 336 valence electrons. The van der Waals surface area contributed by atoms with Crippen LogP contribution in [0.15, 0.2) is 24.3 Å². The number of carbonyl (C=O) groups is 1. The lowest BCUT2D eigenvalue weighted by atomic mass is 9.98. The summed E-state index contributed by atoms with van der Waals surface area (Å²) < 4.78 is 11.1. The van der Waals surface area contributed by atoms with Gasteiger partial charge in [-0.25, -0.2) is 0 Å². The summed E-state index contributed by atoms with van der Waals surface area (Å²) in [5.74, 6) is -0.704. The lowest BCUT2D eigenvalue weighted by Crippen LogP contribution is -2.60. The van der Waals surface area contributed by atoms with Gasteiger partial charge in [-0.1, -0.05) is 160 Å². The van der Waals surface area contributed by atoms with Gasteiger partial charge in [0, 0.05) is 0 Å². The van der Waals surface area contributed by atoms with Gasteiger partial charge in [0.05, 0.1) is 25.4 Å². The van der Waals surface area contributed by atoms with Crippen LogP contribution in [-0.4, -0.2) is 110 Å². The number of carbonyl (C=O) groups excluding carboxylic acids is 1. The Kier molecular flexibility index (Phi) is 34.3. The molecule has 0 radical (unpaired) electrons. The molecule has 0 unspecified atom stereocenters. The monoisotopic (exact) mass is 814 g/mol. The Bertz CT molecular complexity index is 981. The minimum absolute atomic E-state index is 0.256. The summed E-state index contributed by atoms with van der Waals surface area (Å²) >= 11 is 0. The number of ether oxygens (including phenoxy) is 2. The molecule has 0 bridgehead atoms. The van der Waals surface area contributed by atoms with Crippen LogP contribution < -0.4 is 5.32 Å². The lowest BCUT2D eigenvalue weighted by Gasteiger charge is -2.40. The first kappa shape index (κ1) is 53.6. The Balaban J connectivity index is 2.47. The van der Waals surface area contributed by atoms with Gasteiger partial charge in [0.25, 0.3) is 0 Å². The lowest BCUT2D eigenvalue weighted by molar-refractivity contribution is -0.303. The third-order valence-electron chi connectivity index (χ3n) is 11.2.